The van der Waals surface area contributed by atoms with Crippen molar-refractivity contribution in [3.63, 3.8) is 0 Å². The van der Waals surface area contributed by atoms with Gasteiger partial charge in [0.25, 0.3) is 11.1 Å². The third kappa shape index (κ3) is 4.66. The number of nitrogens with zero attached hydrogens (tertiary/aromatic N) is 3. The van der Waals surface area contributed by atoms with E-state index in [0.29, 0.717) is 29.1 Å². The Balaban J connectivity index is 1.76. The zero-order chi connectivity index (χ0) is 25.3. The van der Waals surface area contributed by atoms with Crippen LogP contribution in [0.5, 0.6) is 0 Å². The summed E-state index contributed by atoms with van der Waals surface area (Å²) < 4.78 is 1.39. The second kappa shape index (κ2) is 9.91. The third-order valence-electron chi connectivity index (χ3n) is 6.12. The molecule has 3 heterocycles. The molecule has 1 aromatic carbocycles. The van der Waals surface area contributed by atoms with Gasteiger partial charge in [0.05, 0.1) is 11.9 Å². The first-order valence-corrected chi connectivity index (χ1v) is 12.5. The van der Waals surface area contributed by atoms with Crippen LogP contribution in [-0.4, -0.2) is 26.1 Å². The van der Waals surface area contributed by atoms with Crippen molar-refractivity contribution in [2.45, 2.75) is 53.6 Å². The molecule has 9 nitrogen and oxygen atoms in total. The Bertz CT molecular complexity index is 1550. The molecule has 0 aliphatic rings. The van der Waals surface area contributed by atoms with E-state index in [0.717, 1.165) is 34.4 Å². The van der Waals surface area contributed by atoms with Gasteiger partial charge in [-0.15, -0.1) is 11.3 Å². The van der Waals surface area contributed by atoms with Crippen LogP contribution < -0.4 is 27.4 Å². The summed E-state index contributed by atoms with van der Waals surface area (Å²) in [6.45, 7) is 8.91. The van der Waals surface area contributed by atoms with Crippen LogP contribution in [0.2, 0.25) is 0 Å². The summed E-state index contributed by atoms with van der Waals surface area (Å²) in [6.07, 6.45) is 1.64. The number of aromatic nitrogens is 4. The first-order valence-electron chi connectivity index (χ1n) is 11.7. The van der Waals surface area contributed by atoms with Gasteiger partial charge >= 0.3 is 5.69 Å². The van der Waals surface area contributed by atoms with E-state index in [1.807, 2.05) is 52.0 Å². The molecule has 0 saturated heterocycles. The lowest BCUT2D eigenvalue weighted by Crippen LogP contribution is -2.38. The number of nitrogen functional groups attached to an aromatic ring is 1. The molecule has 0 radical (unpaired) electrons. The lowest BCUT2D eigenvalue weighted by molar-refractivity contribution is 0.602. The maximum Gasteiger partial charge on any atom is 0.330 e. The van der Waals surface area contributed by atoms with Gasteiger partial charge in [0.2, 0.25) is 0 Å². The highest BCUT2D eigenvalue weighted by Gasteiger charge is 2.21. The van der Waals surface area contributed by atoms with E-state index in [1.165, 1.54) is 15.9 Å². The van der Waals surface area contributed by atoms with E-state index >= 15 is 0 Å². The second-order valence-electron chi connectivity index (χ2n) is 8.60. The predicted octanol–water partition coefficient (Wildman–Crippen LogP) is 3.53. The van der Waals surface area contributed by atoms with Crippen LogP contribution in [0, 0.1) is 13.8 Å². The maximum absolute atomic E-state index is 13.2. The number of aromatic amines is 2. The minimum Gasteiger partial charge on any atom is -0.383 e. The van der Waals surface area contributed by atoms with Gasteiger partial charge in [-0.25, -0.2) is 9.78 Å². The average molecular weight is 495 g/mol. The average Bonchev–Trinajstić information content (AvgIpc) is 3.14. The summed E-state index contributed by atoms with van der Waals surface area (Å²) in [6, 6.07) is 8.07. The molecular formula is C25H30N6O3S. The molecule has 0 aliphatic carbocycles. The highest BCUT2D eigenvalue weighted by atomic mass is 32.1. The van der Waals surface area contributed by atoms with E-state index in [9.17, 15) is 14.4 Å². The molecule has 184 valence electrons. The summed E-state index contributed by atoms with van der Waals surface area (Å²) in [5, 5.41) is 0.564. The highest BCUT2D eigenvalue weighted by Crippen LogP contribution is 2.35. The lowest BCUT2D eigenvalue weighted by atomic mass is 10.0. The normalized spacial score (nSPS) is 11.3. The molecule has 0 amide bonds. The number of nitrogens with two attached hydrogens (primary N) is 1. The number of H-pyrrole nitrogens is 2. The number of thiophene rings is 1. The van der Waals surface area contributed by atoms with Crippen molar-refractivity contribution in [3.05, 3.63) is 71.7 Å². The van der Waals surface area contributed by atoms with E-state index in [2.05, 4.69) is 9.97 Å². The minimum atomic E-state index is -0.556. The van der Waals surface area contributed by atoms with Crippen molar-refractivity contribution in [1.82, 2.24) is 19.5 Å². The molecule has 0 saturated carbocycles. The summed E-state index contributed by atoms with van der Waals surface area (Å²) >= 11 is 1.47. The van der Waals surface area contributed by atoms with E-state index in [1.54, 1.807) is 4.90 Å². The molecule has 4 aromatic rings. The second-order valence-corrected chi connectivity index (χ2v) is 9.81. The molecule has 10 heteroatoms. The fraction of sp³-hybridized carbons (Fsp3) is 0.360. The zero-order valence-electron chi connectivity index (χ0n) is 20.4. The smallest absolute Gasteiger partial charge is 0.330 e. The Morgan fingerprint density at radius 3 is 2.43 bits per heavy atom. The number of benzene rings is 1. The van der Waals surface area contributed by atoms with Gasteiger partial charge in [-0.3, -0.25) is 19.1 Å². The van der Waals surface area contributed by atoms with E-state index < -0.39 is 11.2 Å². The summed E-state index contributed by atoms with van der Waals surface area (Å²) in [4.78, 5) is 51.6. The SMILES string of the molecule is CCCCn1c(N)c(N(CC)Cc2nc3sc(C)c(-c4ccc(C)cc4)c3c(=O)[nH]2)c(=O)[nH]c1=O. The molecule has 0 aliphatic heterocycles. The summed E-state index contributed by atoms with van der Waals surface area (Å²) in [5.41, 5.74) is 8.20. The van der Waals surface area contributed by atoms with Gasteiger partial charge in [-0.1, -0.05) is 43.2 Å². The van der Waals surface area contributed by atoms with Crippen molar-refractivity contribution in [2.75, 3.05) is 17.2 Å². The first-order chi connectivity index (χ1) is 16.7. The first kappa shape index (κ1) is 24.5. The minimum absolute atomic E-state index is 0.117. The number of unbranched alkanes of at least 4 members (excludes halogenated alkanes) is 1. The molecule has 35 heavy (non-hydrogen) atoms. The molecule has 4 N–H and O–H groups in total. The maximum atomic E-state index is 13.2. The van der Waals surface area contributed by atoms with Crippen LogP contribution in [0.15, 0.2) is 38.6 Å². The van der Waals surface area contributed by atoms with Crippen LogP contribution in [-0.2, 0) is 13.1 Å². The molecule has 0 bridgehead atoms. The number of aryl methyl sites for hydroxylation is 2. The van der Waals surface area contributed by atoms with Crippen LogP contribution >= 0.6 is 11.3 Å². The number of nitrogens with one attached hydrogen (secondary N) is 2. The van der Waals surface area contributed by atoms with Gasteiger partial charge in [-0.05, 0) is 32.8 Å². The van der Waals surface area contributed by atoms with Gasteiger partial charge in [0, 0.05) is 23.5 Å². The lowest BCUT2D eigenvalue weighted by Gasteiger charge is -2.24. The van der Waals surface area contributed by atoms with Gasteiger partial charge < -0.3 is 15.6 Å². The van der Waals surface area contributed by atoms with Crippen molar-refractivity contribution in [1.29, 1.82) is 0 Å². The summed E-state index contributed by atoms with van der Waals surface area (Å²) in [5.74, 6) is 0.539. The van der Waals surface area contributed by atoms with Crippen LogP contribution in [0.4, 0.5) is 11.5 Å². The monoisotopic (exact) mass is 494 g/mol. The van der Waals surface area contributed by atoms with Crippen molar-refractivity contribution < 1.29 is 0 Å². The fourth-order valence-electron chi connectivity index (χ4n) is 4.26. The highest BCUT2D eigenvalue weighted by molar-refractivity contribution is 7.19. The number of fused-ring (bicyclic) bond motifs is 1. The largest absolute Gasteiger partial charge is 0.383 e. The quantitative estimate of drug-likeness (QED) is 0.344. The molecule has 0 atom stereocenters. The van der Waals surface area contributed by atoms with Gasteiger partial charge in [-0.2, -0.15) is 0 Å². The van der Waals surface area contributed by atoms with Gasteiger partial charge in [0.1, 0.15) is 22.2 Å². The number of hydrogen-bond acceptors (Lipinski definition) is 7. The zero-order valence-corrected chi connectivity index (χ0v) is 21.2. The third-order valence-corrected chi connectivity index (χ3v) is 7.11. The predicted molar refractivity (Wildman–Crippen MR) is 143 cm³/mol. The Kier molecular flexibility index (Phi) is 6.93. The van der Waals surface area contributed by atoms with Crippen molar-refractivity contribution in [2.24, 2.45) is 0 Å². The molecule has 0 unspecified atom stereocenters. The van der Waals surface area contributed by atoms with Crippen molar-refractivity contribution >= 4 is 33.1 Å². The summed E-state index contributed by atoms with van der Waals surface area (Å²) in [7, 11) is 0. The Morgan fingerprint density at radius 2 is 1.77 bits per heavy atom. The van der Waals surface area contributed by atoms with Gasteiger partial charge in [0.15, 0.2) is 0 Å². The molecular weight excluding hydrogens is 464 g/mol. The van der Waals surface area contributed by atoms with E-state index in [4.69, 9.17) is 10.7 Å². The fourth-order valence-corrected chi connectivity index (χ4v) is 5.32. The molecule has 3 aromatic heterocycles. The standard InChI is InChI=1S/C25H30N6O3S/c1-5-7-12-31-21(26)20(23(33)29-25(31)34)30(6-2)13-17-27-22(32)19-18(15(4)35-24(19)28-17)16-10-8-14(3)9-11-16/h8-11H,5-7,12-13,26H2,1-4H3,(H,27,28,32)(H,29,33,34). The van der Waals surface area contributed by atoms with E-state index in [-0.39, 0.29) is 23.6 Å². The Labute approximate surface area is 206 Å². The number of hydrogen-bond donors (Lipinski definition) is 3. The van der Waals surface area contributed by atoms with Crippen LogP contribution in [0.1, 0.15) is 43.0 Å². The van der Waals surface area contributed by atoms with Crippen molar-refractivity contribution in [3.8, 4) is 11.1 Å². The molecule has 4 rings (SSSR count). The molecule has 0 spiro atoms. The number of rotatable bonds is 8. The Morgan fingerprint density at radius 1 is 1.06 bits per heavy atom. The van der Waals surface area contributed by atoms with Crippen LogP contribution in [0.25, 0.3) is 21.3 Å². The molecule has 0 fully saturated rings. The Hall–Kier alpha value is -3.66. The van der Waals surface area contributed by atoms with Crippen LogP contribution in [0.3, 0.4) is 0 Å². The topological polar surface area (TPSA) is 130 Å². The number of anilines is 2.